The van der Waals surface area contributed by atoms with Crippen LogP contribution >= 0.6 is 0 Å². The minimum absolute atomic E-state index is 0.308. The summed E-state index contributed by atoms with van der Waals surface area (Å²) in [5, 5.41) is 18.4. The van der Waals surface area contributed by atoms with Crippen LogP contribution in [0.3, 0.4) is 0 Å². The highest BCUT2D eigenvalue weighted by atomic mass is 19.4. The molecule has 5 rings (SSSR count). The van der Waals surface area contributed by atoms with Crippen LogP contribution in [0.4, 0.5) is 24.5 Å². The first-order valence-corrected chi connectivity index (χ1v) is 12.5. The largest absolute Gasteiger partial charge is 0.433 e. The molecule has 1 aliphatic heterocycles. The van der Waals surface area contributed by atoms with Crippen LogP contribution in [0.15, 0.2) is 36.5 Å². The number of halogens is 3. The minimum atomic E-state index is -4.64. The summed E-state index contributed by atoms with van der Waals surface area (Å²) in [4.78, 5) is 18.6. The monoisotopic (exact) mass is 501 g/mol. The number of rotatable bonds is 4. The summed E-state index contributed by atoms with van der Waals surface area (Å²) < 4.78 is 41.4. The highest BCUT2D eigenvalue weighted by Gasteiger charge is 2.33. The van der Waals surface area contributed by atoms with Crippen LogP contribution in [-0.2, 0) is 6.18 Å². The number of pyridine rings is 1. The maximum absolute atomic E-state index is 13.1. The van der Waals surface area contributed by atoms with Gasteiger partial charge in [0.05, 0.1) is 29.0 Å². The molecule has 0 bridgehead atoms. The van der Waals surface area contributed by atoms with Crippen LogP contribution in [-0.4, -0.2) is 45.0 Å². The topological polar surface area (TPSA) is 83.3 Å². The molecular formula is C26H30F3N5O2. The Balaban J connectivity index is 1.48. The Bertz CT molecular complexity index is 1240. The molecular weight excluding hydrogens is 471 g/mol. The normalized spacial score (nSPS) is 21.6. The molecule has 1 amide bonds. The van der Waals surface area contributed by atoms with Crippen LogP contribution in [0.2, 0.25) is 0 Å². The number of amides is 1. The number of aromatic nitrogens is 3. The first-order valence-electron chi connectivity index (χ1n) is 12.5. The SMILES string of the molecule is C[C@H]1CC[C@H](n2cc3cc(NC(=O)c4cccc(C(F)(F)F)n4)c(N4CCC(O)CC4)cc3n2)CC1. The molecule has 36 heavy (non-hydrogen) atoms. The first kappa shape index (κ1) is 24.5. The Morgan fingerprint density at radius 1 is 1.08 bits per heavy atom. The van der Waals surface area contributed by atoms with E-state index in [9.17, 15) is 23.1 Å². The van der Waals surface area contributed by atoms with Crippen molar-refractivity contribution in [1.82, 2.24) is 14.8 Å². The summed E-state index contributed by atoms with van der Waals surface area (Å²) in [5.41, 5.74) is 0.595. The summed E-state index contributed by atoms with van der Waals surface area (Å²) >= 11 is 0. The summed E-state index contributed by atoms with van der Waals surface area (Å²) in [5.74, 6) is 0.00552. The van der Waals surface area contributed by atoms with Crippen molar-refractivity contribution in [2.45, 2.75) is 63.8 Å². The molecule has 0 spiro atoms. The number of nitrogens with one attached hydrogen (secondary N) is 1. The third kappa shape index (κ3) is 5.18. The zero-order valence-corrected chi connectivity index (χ0v) is 20.1. The Morgan fingerprint density at radius 2 is 1.81 bits per heavy atom. The summed E-state index contributed by atoms with van der Waals surface area (Å²) in [6.45, 7) is 3.46. The van der Waals surface area contributed by atoms with Gasteiger partial charge in [0.25, 0.3) is 5.91 Å². The molecule has 0 atom stereocenters. The third-order valence-electron chi connectivity index (χ3n) is 7.32. The van der Waals surface area contributed by atoms with Crippen molar-refractivity contribution in [1.29, 1.82) is 0 Å². The first-order chi connectivity index (χ1) is 17.2. The lowest BCUT2D eigenvalue weighted by Gasteiger charge is -2.32. The molecule has 1 aliphatic carbocycles. The van der Waals surface area contributed by atoms with E-state index in [0.717, 1.165) is 54.3 Å². The molecule has 0 radical (unpaired) electrons. The number of benzene rings is 1. The van der Waals surface area contributed by atoms with E-state index in [4.69, 9.17) is 5.10 Å². The van der Waals surface area contributed by atoms with Crippen LogP contribution in [0, 0.1) is 5.92 Å². The maximum Gasteiger partial charge on any atom is 0.433 e. The molecule has 2 N–H and O–H groups in total. The number of anilines is 2. The molecule has 0 unspecified atom stereocenters. The summed E-state index contributed by atoms with van der Waals surface area (Å²) in [6.07, 6.45) is 2.61. The van der Waals surface area contributed by atoms with E-state index in [2.05, 4.69) is 22.1 Å². The molecule has 192 valence electrons. The van der Waals surface area contributed by atoms with Crippen molar-refractivity contribution in [2.24, 2.45) is 5.92 Å². The lowest BCUT2D eigenvalue weighted by molar-refractivity contribution is -0.141. The quantitative estimate of drug-likeness (QED) is 0.499. The molecule has 2 aliphatic rings. The maximum atomic E-state index is 13.1. The lowest BCUT2D eigenvalue weighted by Crippen LogP contribution is -2.36. The minimum Gasteiger partial charge on any atom is -0.393 e. The fraction of sp³-hybridized carbons (Fsp3) is 0.500. The zero-order valence-electron chi connectivity index (χ0n) is 20.1. The highest BCUT2D eigenvalue weighted by molar-refractivity contribution is 6.06. The van der Waals surface area contributed by atoms with Gasteiger partial charge in [0, 0.05) is 24.7 Å². The summed E-state index contributed by atoms with van der Waals surface area (Å²) in [6, 6.07) is 7.36. The number of carbonyl (C=O) groups is 1. The molecule has 1 saturated heterocycles. The number of nitrogens with zero attached hydrogens (tertiary/aromatic N) is 4. The number of aliphatic hydroxyl groups is 1. The van der Waals surface area contributed by atoms with Crippen LogP contribution < -0.4 is 10.2 Å². The van der Waals surface area contributed by atoms with E-state index in [0.29, 0.717) is 37.7 Å². The fourth-order valence-electron chi connectivity index (χ4n) is 5.15. The van der Waals surface area contributed by atoms with Gasteiger partial charge in [-0.1, -0.05) is 13.0 Å². The van der Waals surface area contributed by atoms with Gasteiger partial charge in [-0.05, 0) is 68.7 Å². The average molecular weight is 502 g/mol. The number of carbonyl (C=O) groups excluding carboxylic acids is 1. The van der Waals surface area contributed by atoms with Gasteiger partial charge in [0.2, 0.25) is 0 Å². The van der Waals surface area contributed by atoms with Gasteiger partial charge in [-0.2, -0.15) is 18.3 Å². The molecule has 7 nitrogen and oxygen atoms in total. The van der Waals surface area contributed by atoms with Crippen molar-refractivity contribution in [3.05, 3.63) is 47.9 Å². The van der Waals surface area contributed by atoms with Gasteiger partial charge >= 0.3 is 6.18 Å². The van der Waals surface area contributed by atoms with E-state index < -0.39 is 17.8 Å². The van der Waals surface area contributed by atoms with Crippen molar-refractivity contribution in [2.75, 3.05) is 23.3 Å². The van der Waals surface area contributed by atoms with Crippen molar-refractivity contribution in [3.8, 4) is 0 Å². The second-order valence-electron chi connectivity index (χ2n) is 10.0. The number of hydrogen-bond donors (Lipinski definition) is 2. The van der Waals surface area contributed by atoms with E-state index >= 15 is 0 Å². The molecule has 2 fully saturated rings. The molecule has 2 aromatic heterocycles. The summed E-state index contributed by atoms with van der Waals surface area (Å²) in [7, 11) is 0. The van der Waals surface area contributed by atoms with Crippen LogP contribution in [0.25, 0.3) is 10.9 Å². The Labute approximate surface area is 207 Å². The predicted molar refractivity (Wildman–Crippen MR) is 131 cm³/mol. The standard InChI is InChI=1S/C26H30F3N5O2/c1-16-5-7-18(8-6-16)34-15-17-13-22(23(14-21(17)32-34)33-11-9-19(35)10-12-33)31-25(36)20-3-2-4-24(30-20)26(27,28)29/h2-4,13-16,18-19,35H,5-12H2,1H3,(H,31,36)/t16-,18-. The van der Waals surface area contributed by atoms with Crippen LogP contribution in [0.1, 0.15) is 67.7 Å². The van der Waals surface area contributed by atoms with E-state index in [-0.39, 0.29) is 11.8 Å². The molecule has 1 aromatic carbocycles. The van der Waals surface area contributed by atoms with Crippen molar-refractivity contribution >= 4 is 28.2 Å². The Kier molecular flexibility index (Phi) is 6.63. The lowest BCUT2D eigenvalue weighted by atomic mass is 9.87. The van der Waals surface area contributed by atoms with Gasteiger partial charge in [0.1, 0.15) is 11.4 Å². The highest BCUT2D eigenvalue weighted by Crippen LogP contribution is 2.36. The van der Waals surface area contributed by atoms with E-state index in [1.165, 1.54) is 12.1 Å². The smallest absolute Gasteiger partial charge is 0.393 e. The fourth-order valence-corrected chi connectivity index (χ4v) is 5.15. The van der Waals surface area contributed by atoms with Crippen LogP contribution in [0.5, 0.6) is 0 Å². The van der Waals surface area contributed by atoms with Gasteiger partial charge in [-0.15, -0.1) is 0 Å². The zero-order chi connectivity index (χ0) is 25.4. The Hall–Kier alpha value is -3.14. The van der Waals surface area contributed by atoms with E-state index in [1.807, 2.05) is 23.0 Å². The number of piperidine rings is 1. The van der Waals surface area contributed by atoms with Crippen molar-refractivity contribution < 1.29 is 23.1 Å². The number of hydrogen-bond acceptors (Lipinski definition) is 5. The molecule has 3 aromatic rings. The van der Waals surface area contributed by atoms with Gasteiger partial charge in [0.15, 0.2) is 0 Å². The van der Waals surface area contributed by atoms with Gasteiger partial charge in [-0.3, -0.25) is 9.48 Å². The van der Waals surface area contributed by atoms with E-state index in [1.54, 1.807) is 0 Å². The average Bonchev–Trinajstić information content (AvgIpc) is 3.27. The number of fused-ring (bicyclic) bond motifs is 1. The molecule has 1 saturated carbocycles. The number of alkyl halides is 3. The van der Waals surface area contributed by atoms with Gasteiger partial charge in [-0.25, -0.2) is 4.98 Å². The Morgan fingerprint density at radius 3 is 2.50 bits per heavy atom. The van der Waals surface area contributed by atoms with Crippen molar-refractivity contribution in [3.63, 3.8) is 0 Å². The molecule has 10 heteroatoms. The van der Waals surface area contributed by atoms with Gasteiger partial charge < -0.3 is 15.3 Å². The predicted octanol–water partition coefficient (Wildman–Crippen LogP) is 5.41. The third-order valence-corrected chi connectivity index (χ3v) is 7.32. The number of aliphatic hydroxyl groups excluding tert-OH is 1. The second-order valence-corrected chi connectivity index (χ2v) is 10.0. The second kappa shape index (κ2) is 9.72. The molecule has 3 heterocycles.